The van der Waals surface area contributed by atoms with E-state index in [9.17, 15) is 16.8 Å². The number of aryl methyl sites for hydroxylation is 2. The van der Waals surface area contributed by atoms with E-state index < -0.39 is 20.0 Å². The minimum absolute atomic E-state index is 0.0259. The van der Waals surface area contributed by atoms with Gasteiger partial charge in [-0.2, -0.15) is 0 Å². The molecule has 0 saturated carbocycles. The van der Waals surface area contributed by atoms with Gasteiger partial charge in [0, 0.05) is 12.2 Å². The van der Waals surface area contributed by atoms with Crippen molar-refractivity contribution in [2.45, 2.75) is 44.9 Å². The minimum atomic E-state index is -3.78. The first-order valence-corrected chi connectivity index (χ1v) is 13.2. The van der Waals surface area contributed by atoms with Crippen molar-refractivity contribution in [2.75, 3.05) is 27.9 Å². The van der Waals surface area contributed by atoms with Gasteiger partial charge in [-0.25, -0.2) is 16.8 Å². The molecule has 1 heterocycles. The summed E-state index contributed by atoms with van der Waals surface area (Å²) < 4.78 is 60.0. The summed E-state index contributed by atoms with van der Waals surface area (Å²) in [6, 6.07) is 9.77. The molecule has 0 aliphatic carbocycles. The maximum Gasteiger partial charge on any atom is 0.261 e. The number of sulfonamides is 2. The van der Waals surface area contributed by atoms with Gasteiger partial charge < -0.3 is 4.74 Å². The number of rotatable bonds is 8. The second kappa shape index (κ2) is 8.85. The average molecular weight is 453 g/mol. The summed E-state index contributed by atoms with van der Waals surface area (Å²) >= 11 is 0. The fourth-order valence-electron chi connectivity index (χ4n) is 3.45. The van der Waals surface area contributed by atoms with Crippen molar-refractivity contribution in [3.8, 4) is 5.75 Å². The quantitative estimate of drug-likeness (QED) is 0.659. The van der Waals surface area contributed by atoms with E-state index >= 15 is 0 Å². The monoisotopic (exact) mass is 452 g/mol. The smallest absolute Gasteiger partial charge is 0.261 e. The number of hydrogen-bond acceptors (Lipinski definition) is 5. The van der Waals surface area contributed by atoms with Crippen molar-refractivity contribution >= 4 is 31.4 Å². The summed E-state index contributed by atoms with van der Waals surface area (Å²) in [5.74, 6) is 0.694. The zero-order valence-corrected chi connectivity index (χ0v) is 19.1. The Balaban J connectivity index is 1.85. The Morgan fingerprint density at radius 2 is 1.83 bits per heavy atom. The van der Waals surface area contributed by atoms with Crippen molar-refractivity contribution in [1.82, 2.24) is 0 Å². The van der Waals surface area contributed by atoms with Crippen LogP contribution in [0.4, 0.5) is 11.4 Å². The van der Waals surface area contributed by atoms with Crippen molar-refractivity contribution in [2.24, 2.45) is 0 Å². The maximum atomic E-state index is 12.9. The predicted molar refractivity (Wildman–Crippen MR) is 119 cm³/mol. The first-order chi connectivity index (χ1) is 14.2. The van der Waals surface area contributed by atoms with Crippen LogP contribution in [0.3, 0.4) is 0 Å². The lowest BCUT2D eigenvalue weighted by molar-refractivity contribution is 0.315. The van der Waals surface area contributed by atoms with Crippen LogP contribution in [0.2, 0.25) is 0 Å². The van der Waals surface area contributed by atoms with E-state index in [0.717, 1.165) is 17.5 Å². The molecular formula is C21H28N2O5S2. The van der Waals surface area contributed by atoms with Gasteiger partial charge in [0.25, 0.3) is 10.0 Å². The Morgan fingerprint density at radius 1 is 1.07 bits per heavy atom. The van der Waals surface area contributed by atoms with E-state index in [1.807, 2.05) is 13.8 Å². The molecule has 164 valence electrons. The largest absolute Gasteiger partial charge is 0.493 e. The predicted octanol–water partition coefficient (Wildman–Crippen LogP) is 3.69. The highest BCUT2D eigenvalue weighted by atomic mass is 32.2. The molecule has 0 atom stereocenters. The third-order valence-corrected chi connectivity index (χ3v) is 8.19. The van der Waals surface area contributed by atoms with Crippen LogP contribution in [0.25, 0.3) is 0 Å². The van der Waals surface area contributed by atoms with Gasteiger partial charge >= 0.3 is 0 Å². The molecule has 0 spiro atoms. The molecule has 2 aromatic rings. The van der Waals surface area contributed by atoms with Crippen LogP contribution in [0.15, 0.2) is 41.3 Å². The number of nitrogens with one attached hydrogen (secondary N) is 1. The SMILES string of the molecule is CCCOc1ccc(S(=O)(=O)Nc2ccc3c(c2)CCCN3S(=O)(=O)CC)cc1C. The number of hydrogen-bond donors (Lipinski definition) is 1. The van der Waals surface area contributed by atoms with Crippen LogP contribution < -0.4 is 13.8 Å². The molecule has 0 bridgehead atoms. The summed E-state index contributed by atoms with van der Waals surface area (Å²) in [5.41, 5.74) is 2.60. The summed E-state index contributed by atoms with van der Waals surface area (Å²) in [6.07, 6.45) is 2.26. The molecule has 0 fully saturated rings. The molecule has 3 rings (SSSR count). The third-order valence-electron chi connectivity index (χ3n) is 5.03. The molecule has 1 N–H and O–H groups in total. The molecule has 0 unspecified atom stereocenters. The Labute approximate surface area is 179 Å². The molecular weight excluding hydrogens is 424 g/mol. The molecule has 1 aliphatic rings. The number of nitrogens with zero attached hydrogens (tertiary/aromatic N) is 1. The highest BCUT2D eigenvalue weighted by Gasteiger charge is 2.26. The molecule has 9 heteroatoms. The Morgan fingerprint density at radius 3 is 2.50 bits per heavy atom. The van der Waals surface area contributed by atoms with Crippen LogP contribution in [-0.2, 0) is 26.5 Å². The third kappa shape index (κ3) is 4.73. The molecule has 0 saturated heterocycles. The van der Waals surface area contributed by atoms with E-state index in [1.54, 1.807) is 37.3 Å². The van der Waals surface area contributed by atoms with E-state index in [-0.39, 0.29) is 10.6 Å². The van der Waals surface area contributed by atoms with Gasteiger partial charge in [-0.1, -0.05) is 6.92 Å². The van der Waals surface area contributed by atoms with E-state index in [2.05, 4.69) is 4.72 Å². The summed E-state index contributed by atoms with van der Waals surface area (Å²) in [7, 11) is -7.14. The summed E-state index contributed by atoms with van der Waals surface area (Å²) in [5, 5.41) is 0. The molecule has 0 amide bonds. The van der Waals surface area contributed by atoms with Gasteiger partial charge in [0.1, 0.15) is 5.75 Å². The van der Waals surface area contributed by atoms with Crippen LogP contribution in [0.1, 0.15) is 37.8 Å². The highest BCUT2D eigenvalue weighted by Crippen LogP contribution is 2.32. The van der Waals surface area contributed by atoms with Crippen LogP contribution >= 0.6 is 0 Å². The lowest BCUT2D eigenvalue weighted by atomic mass is 10.0. The molecule has 0 aromatic heterocycles. The van der Waals surface area contributed by atoms with Gasteiger partial charge in [-0.05, 0) is 80.6 Å². The van der Waals surface area contributed by atoms with Gasteiger partial charge in [0.15, 0.2) is 0 Å². The Kier molecular flexibility index (Phi) is 6.62. The normalized spacial score (nSPS) is 14.3. The molecule has 2 aromatic carbocycles. The highest BCUT2D eigenvalue weighted by molar-refractivity contribution is 7.93. The van der Waals surface area contributed by atoms with Crippen LogP contribution in [-0.4, -0.2) is 35.7 Å². The second-order valence-electron chi connectivity index (χ2n) is 7.30. The van der Waals surface area contributed by atoms with Crippen molar-refractivity contribution < 1.29 is 21.6 Å². The Bertz CT molecular complexity index is 1130. The molecule has 30 heavy (non-hydrogen) atoms. The fourth-order valence-corrected chi connectivity index (χ4v) is 5.78. The molecule has 0 radical (unpaired) electrons. The van der Waals surface area contributed by atoms with Gasteiger partial charge in [0.05, 0.1) is 22.9 Å². The standard InChI is InChI=1S/C21H28N2O5S2/c1-4-13-28-21-11-9-19(14-16(21)3)30(26,27)22-18-8-10-20-17(15-18)7-6-12-23(20)29(24,25)5-2/h8-11,14-15,22H,4-7,12-13H2,1-3H3. The first-order valence-electron chi connectivity index (χ1n) is 10.1. The van der Waals surface area contributed by atoms with E-state index in [4.69, 9.17) is 4.74 Å². The topological polar surface area (TPSA) is 92.8 Å². The zero-order chi connectivity index (χ0) is 21.9. The summed E-state index contributed by atoms with van der Waals surface area (Å²) in [6.45, 7) is 6.46. The lowest BCUT2D eigenvalue weighted by Gasteiger charge is -2.30. The maximum absolute atomic E-state index is 12.9. The average Bonchev–Trinajstić information content (AvgIpc) is 2.71. The number of anilines is 2. The number of benzene rings is 2. The van der Waals surface area contributed by atoms with Crippen LogP contribution in [0, 0.1) is 6.92 Å². The Hall–Kier alpha value is -2.26. The number of fused-ring (bicyclic) bond motifs is 1. The minimum Gasteiger partial charge on any atom is -0.493 e. The zero-order valence-electron chi connectivity index (χ0n) is 17.5. The van der Waals surface area contributed by atoms with Gasteiger partial charge in [-0.3, -0.25) is 9.03 Å². The first kappa shape index (κ1) is 22.4. The van der Waals surface area contributed by atoms with E-state index in [0.29, 0.717) is 43.1 Å². The number of ether oxygens (including phenoxy) is 1. The van der Waals surface area contributed by atoms with Crippen molar-refractivity contribution in [3.05, 3.63) is 47.5 Å². The summed E-state index contributed by atoms with van der Waals surface area (Å²) in [4.78, 5) is 0.150. The second-order valence-corrected chi connectivity index (χ2v) is 11.2. The van der Waals surface area contributed by atoms with Crippen molar-refractivity contribution in [3.63, 3.8) is 0 Å². The van der Waals surface area contributed by atoms with Gasteiger partial charge in [0.2, 0.25) is 10.0 Å². The van der Waals surface area contributed by atoms with E-state index in [1.165, 1.54) is 10.4 Å². The molecule has 7 nitrogen and oxygen atoms in total. The van der Waals surface area contributed by atoms with Crippen LogP contribution in [0.5, 0.6) is 5.75 Å². The fraction of sp³-hybridized carbons (Fsp3) is 0.429. The van der Waals surface area contributed by atoms with Gasteiger partial charge in [-0.15, -0.1) is 0 Å². The van der Waals surface area contributed by atoms with Crippen molar-refractivity contribution in [1.29, 1.82) is 0 Å². The lowest BCUT2D eigenvalue weighted by Crippen LogP contribution is -2.36. The molecule has 1 aliphatic heterocycles.